The van der Waals surface area contributed by atoms with Gasteiger partial charge in [-0.2, -0.15) is 5.10 Å². The molecule has 2 aliphatic heterocycles. The lowest BCUT2D eigenvalue weighted by Crippen LogP contribution is -2.52. The molecule has 2 amide bonds. The largest absolute Gasteiger partial charge is 0.465 e. The van der Waals surface area contributed by atoms with Crippen LogP contribution in [0.1, 0.15) is 39.2 Å². The molecule has 1 aliphatic carbocycles. The van der Waals surface area contributed by atoms with Gasteiger partial charge in [-0.3, -0.25) is 14.4 Å². The molecule has 0 spiro atoms. The van der Waals surface area contributed by atoms with E-state index in [1.807, 2.05) is 36.0 Å². The Morgan fingerprint density at radius 2 is 2.00 bits per heavy atom. The lowest BCUT2D eigenvalue weighted by molar-refractivity contribution is -0.120. The van der Waals surface area contributed by atoms with Gasteiger partial charge in [-0.05, 0) is 42.9 Å². The van der Waals surface area contributed by atoms with Crippen molar-refractivity contribution in [2.24, 2.45) is 5.41 Å². The third-order valence-corrected chi connectivity index (χ3v) is 6.52. The normalized spacial score (nSPS) is 22.4. The molecule has 1 saturated heterocycles. The van der Waals surface area contributed by atoms with Gasteiger partial charge in [-0.25, -0.2) is 4.79 Å². The van der Waals surface area contributed by atoms with E-state index in [1.54, 1.807) is 11.1 Å². The Hall–Kier alpha value is -2.87. The van der Waals surface area contributed by atoms with Crippen LogP contribution in [0.15, 0.2) is 30.6 Å². The fourth-order valence-corrected chi connectivity index (χ4v) is 4.27. The van der Waals surface area contributed by atoms with Crippen molar-refractivity contribution in [2.45, 2.75) is 45.2 Å². The SMILES string of the molecule is C[C@H]1CN(C(=O)O)c2cc(-c3cnn(C4COC4)c3)ccc2N1C(=O)CC1(C)CC1. The molecule has 1 aromatic carbocycles. The summed E-state index contributed by atoms with van der Waals surface area (Å²) in [6, 6.07) is 5.70. The topological polar surface area (TPSA) is 87.9 Å². The summed E-state index contributed by atoms with van der Waals surface area (Å²) in [6.07, 6.45) is 5.38. The molecule has 1 atom stereocenters. The fourth-order valence-electron chi connectivity index (χ4n) is 4.27. The molecular formula is C22H26N4O4. The first kappa shape index (κ1) is 19.1. The van der Waals surface area contributed by atoms with Crippen molar-refractivity contribution >= 4 is 23.4 Å². The number of fused-ring (bicyclic) bond motifs is 1. The fraction of sp³-hybridized carbons (Fsp3) is 0.500. The van der Waals surface area contributed by atoms with Gasteiger partial charge in [0.15, 0.2) is 0 Å². The summed E-state index contributed by atoms with van der Waals surface area (Å²) in [6.45, 7) is 5.62. The van der Waals surface area contributed by atoms with Gasteiger partial charge in [-0.1, -0.05) is 13.0 Å². The highest BCUT2D eigenvalue weighted by atomic mass is 16.5. The number of amides is 2. The molecule has 3 heterocycles. The molecule has 1 N–H and O–H groups in total. The minimum atomic E-state index is -1.01. The zero-order valence-corrected chi connectivity index (χ0v) is 17.2. The minimum Gasteiger partial charge on any atom is -0.465 e. The van der Waals surface area contributed by atoms with E-state index in [0.29, 0.717) is 31.0 Å². The Labute approximate surface area is 175 Å². The van der Waals surface area contributed by atoms with E-state index < -0.39 is 6.09 Å². The summed E-state index contributed by atoms with van der Waals surface area (Å²) >= 11 is 0. The van der Waals surface area contributed by atoms with E-state index >= 15 is 0 Å². The van der Waals surface area contributed by atoms with Crippen molar-refractivity contribution in [2.75, 3.05) is 29.6 Å². The van der Waals surface area contributed by atoms with Gasteiger partial charge >= 0.3 is 6.09 Å². The highest BCUT2D eigenvalue weighted by Crippen LogP contribution is 2.49. The first-order chi connectivity index (χ1) is 14.3. The molecule has 1 aromatic heterocycles. The van der Waals surface area contributed by atoms with Crippen LogP contribution < -0.4 is 9.80 Å². The number of rotatable bonds is 4. The van der Waals surface area contributed by atoms with Crippen molar-refractivity contribution in [1.82, 2.24) is 9.78 Å². The Morgan fingerprint density at radius 1 is 1.23 bits per heavy atom. The maximum atomic E-state index is 13.1. The number of anilines is 2. The first-order valence-electron chi connectivity index (χ1n) is 10.4. The van der Waals surface area contributed by atoms with Crippen LogP contribution >= 0.6 is 0 Å². The lowest BCUT2D eigenvalue weighted by atomic mass is 9.99. The van der Waals surface area contributed by atoms with Crippen LogP contribution in [-0.2, 0) is 9.53 Å². The number of ether oxygens (including phenoxy) is 1. The maximum Gasteiger partial charge on any atom is 0.411 e. The molecule has 5 rings (SSSR count). The molecule has 1 saturated carbocycles. The standard InChI is InChI=1S/C22H26N4O4/c1-14-10-24(21(28)29)19-7-15(16-9-23-25(11-16)17-12-30-13-17)3-4-18(19)26(14)20(27)8-22(2)5-6-22/h3-4,7,9,11,14,17H,5-6,8,10,12-13H2,1-2H3,(H,28,29)/t14-/m0/s1. The number of carbonyl (C=O) groups is 2. The molecule has 8 heteroatoms. The summed E-state index contributed by atoms with van der Waals surface area (Å²) in [4.78, 5) is 28.2. The van der Waals surface area contributed by atoms with E-state index in [1.165, 1.54) is 4.90 Å². The first-order valence-corrected chi connectivity index (χ1v) is 10.4. The molecule has 0 radical (unpaired) electrons. The Morgan fingerprint density at radius 3 is 2.63 bits per heavy atom. The highest BCUT2D eigenvalue weighted by Gasteiger charge is 2.43. The number of carbonyl (C=O) groups excluding carboxylic acids is 1. The maximum absolute atomic E-state index is 13.1. The number of hydrogen-bond donors (Lipinski definition) is 1. The van der Waals surface area contributed by atoms with E-state index in [2.05, 4.69) is 12.0 Å². The predicted molar refractivity (Wildman–Crippen MR) is 112 cm³/mol. The quantitative estimate of drug-likeness (QED) is 0.833. The highest BCUT2D eigenvalue weighted by molar-refractivity contribution is 6.03. The smallest absolute Gasteiger partial charge is 0.411 e. The van der Waals surface area contributed by atoms with Crippen LogP contribution in [-0.4, -0.2) is 52.7 Å². The molecule has 158 valence electrons. The van der Waals surface area contributed by atoms with E-state index in [0.717, 1.165) is 24.0 Å². The predicted octanol–water partition coefficient (Wildman–Crippen LogP) is 3.53. The lowest BCUT2D eigenvalue weighted by Gasteiger charge is -2.40. The zero-order valence-electron chi connectivity index (χ0n) is 17.2. The Balaban J connectivity index is 1.50. The Bertz CT molecular complexity index is 1010. The van der Waals surface area contributed by atoms with Gasteiger partial charge in [0.25, 0.3) is 0 Å². The summed E-state index contributed by atoms with van der Waals surface area (Å²) < 4.78 is 7.12. The number of aromatic nitrogens is 2. The van der Waals surface area contributed by atoms with Gasteiger partial charge in [0.1, 0.15) is 0 Å². The second-order valence-corrected chi connectivity index (χ2v) is 9.10. The van der Waals surface area contributed by atoms with Gasteiger partial charge in [0, 0.05) is 24.7 Å². The van der Waals surface area contributed by atoms with Gasteiger partial charge in [0.05, 0.1) is 42.9 Å². The summed E-state index contributed by atoms with van der Waals surface area (Å²) in [5.41, 5.74) is 3.10. The van der Waals surface area contributed by atoms with Crippen molar-refractivity contribution < 1.29 is 19.4 Å². The third kappa shape index (κ3) is 3.25. The molecule has 8 nitrogen and oxygen atoms in total. The molecule has 2 aromatic rings. The van der Waals surface area contributed by atoms with Gasteiger partial charge in [0.2, 0.25) is 5.91 Å². The average Bonchev–Trinajstić information content (AvgIpc) is 3.18. The second-order valence-electron chi connectivity index (χ2n) is 9.10. The summed E-state index contributed by atoms with van der Waals surface area (Å²) in [5.74, 6) is 0.0688. The van der Waals surface area contributed by atoms with Crippen LogP contribution in [0.2, 0.25) is 0 Å². The van der Waals surface area contributed by atoms with E-state index in [9.17, 15) is 14.7 Å². The third-order valence-electron chi connectivity index (χ3n) is 6.52. The molecular weight excluding hydrogens is 384 g/mol. The molecule has 3 aliphatic rings. The van der Waals surface area contributed by atoms with Crippen LogP contribution in [0, 0.1) is 5.41 Å². The average molecular weight is 410 g/mol. The van der Waals surface area contributed by atoms with Crippen molar-refractivity contribution in [3.8, 4) is 11.1 Å². The monoisotopic (exact) mass is 410 g/mol. The van der Waals surface area contributed by atoms with Gasteiger partial charge in [-0.15, -0.1) is 0 Å². The second kappa shape index (κ2) is 6.84. The summed E-state index contributed by atoms with van der Waals surface area (Å²) in [7, 11) is 0. The molecule has 0 unspecified atom stereocenters. The van der Waals surface area contributed by atoms with Gasteiger partial charge < -0.3 is 14.7 Å². The molecule has 30 heavy (non-hydrogen) atoms. The van der Waals surface area contributed by atoms with Crippen molar-refractivity contribution in [3.05, 3.63) is 30.6 Å². The summed E-state index contributed by atoms with van der Waals surface area (Å²) in [5, 5.41) is 14.2. The van der Waals surface area contributed by atoms with Crippen LogP contribution in [0.4, 0.5) is 16.2 Å². The number of nitrogens with zero attached hydrogens (tertiary/aromatic N) is 4. The van der Waals surface area contributed by atoms with Crippen molar-refractivity contribution in [1.29, 1.82) is 0 Å². The van der Waals surface area contributed by atoms with E-state index in [4.69, 9.17) is 4.74 Å². The Kier molecular flexibility index (Phi) is 4.36. The van der Waals surface area contributed by atoms with Crippen molar-refractivity contribution in [3.63, 3.8) is 0 Å². The molecule has 2 fully saturated rings. The van der Waals surface area contributed by atoms with Crippen LogP contribution in [0.3, 0.4) is 0 Å². The minimum absolute atomic E-state index is 0.0688. The number of benzene rings is 1. The van der Waals surface area contributed by atoms with Crippen LogP contribution in [0.25, 0.3) is 11.1 Å². The van der Waals surface area contributed by atoms with Crippen LogP contribution in [0.5, 0.6) is 0 Å². The number of hydrogen-bond acceptors (Lipinski definition) is 4. The number of carboxylic acid groups (broad SMARTS) is 1. The van der Waals surface area contributed by atoms with E-state index in [-0.39, 0.29) is 30.0 Å². The molecule has 0 bridgehead atoms. The zero-order chi connectivity index (χ0) is 21.0.